The molecule has 176 valence electrons. The van der Waals surface area contributed by atoms with Crippen LogP contribution in [0.2, 0.25) is 0 Å². The molecule has 4 rings (SSSR count). The molecule has 0 spiro atoms. The number of alkyl halides is 3. The van der Waals surface area contributed by atoms with Gasteiger partial charge in [-0.2, -0.15) is 13.2 Å². The van der Waals surface area contributed by atoms with Gasteiger partial charge >= 0.3 is 6.18 Å². The average Bonchev–Trinajstić information content (AvgIpc) is 3.61. The molecule has 2 fully saturated rings. The zero-order valence-electron chi connectivity index (χ0n) is 17.9. The predicted octanol–water partition coefficient (Wildman–Crippen LogP) is 3.67. The van der Waals surface area contributed by atoms with Gasteiger partial charge < -0.3 is 15.2 Å². The summed E-state index contributed by atoms with van der Waals surface area (Å²) < 4.78 is 42.8. The molecule has 2 aliphatic carbocycles. The van der Waals surface area contributed by atoms with E-state index in [0.717, 1.165) is 51.1 Å². The number of rotatable bonds is 6. The zero-order valence-corrected chi connectivity index (χ0v) is 17.9. The number of carbonyl (C=O) groups excluding carboxylic acids is 2. The summed E-state index contributed by atoms with van der Waals surface area (Å²) >= 11 is 0. The van der Waals surface area contributed by atoms with E-state index in [-0.39, 0.29) is 23.2 Å². The maximum absolute atomic E-state index is 13.7. The third-order valence-corrected chi connectivity index (χ3v) is 6.06. The largest absolute Gasteiger partial charge is 0.412 e. The summed E-state index contributed by atoms with van der Waals surface area (Å²) in [6.07, 6.45) is 6.43. The molecule has 2 heterocycles. The molecular formula is C23H25F3N4O3. The van der Waals surface area contributed by atoms with E-state index in [4.69, 9.17) is 0 Å². The number of amides is 2. The Morgan fingerprint density at radius 1 is 1.03 bits per heavy atom. The molecule has 0 unspecified atom stereocenters. The summed E-state index contributed by atoms with van der Waals surface area (Å²) in [5.74, 6) is -1.79. The van der Waals surface area contributed by atoms with Gasteiger partial charge in [-0.3, -0.25) is 19.4 Å². The second-order valence-electron chi connectivity index (χ2n) is 8.64. The van der Waals surface area contributed by atoms with Crippen molar-refractivity contribution in [3.63, 3.8) is 0 Å². The van der Waals surface area contributed by atoms with Crippen molar-refractivity contribution in [1.82, 2.24) is 20.2 Å². The highest BCUT2D eigenvalue weighted by atomic mass is 19.4. The molecule has 7 nitrogen and oxygen atoms in total. The van der Waals surface area contributed by atoms with E-state index < -0.39 is 35.0 Å². The standard InChI is InChI=1S/C23H25F3N4O3/c24-23(25,26)20(14-5-4-10-27-11-14)29-22(33)18-13-30(16-6-2-1-3-7-16)12-17(19(18)31)21(32)28-15-8-9-15/h4-5,10-13,15-16,20H,1-3,6-9H2,(H,28,32)(H,29,33)/t20-/m0/s1. The van der Waals surface area contributed by atoms with Gasteiger partial charge in [-0.25, -0.2) is 0 Å². The van der Waals surface area contributed by atoms with Crippen LogP contribution in [0.5, 0.6) is 0 Å². The van der Waals surface area contributed by atoms with Crippen LogP contribution in [0.15, 0.2) is 41.7 Å². The van der Waals surface area contributed by atoms with Gasteiger partial charge in [0.15, 0.2) is 6.04 Å². The molecule has 2 aliphatic rings. The maximum atomic E-state index is 13.7. The van der Waals surface area contributed by atoms with Crippen molar-refractivity contribution in [1.29, 1.82) is 0 Å². The van der Waals surface area contributed by atoms with Gasteiger partial charge in [-0.1, -0.05) is 25.3 Å². The molecule has 2 aromatic heterocycles. The molecule has 2 amide bonds. The van der Waals surface area contributed by atoms with Gasteiger partial charge in [-0.15, -0.1) is 0 Å². The van der Waals surface area contributed by atoms with E-state index in [0.29, 0.717) is 0 Å². The highest BCUT2D eigenvalue weighted by Gasteiger charge is 2.42. The van der Waals surface area contributed by atoms with Crippen LogP contribution in [0.1, 0.15) is 83.3 Å². The fourth-order valence-corrected chi connectivity index (χ4v) is 4.11. The molecule has 0 saturated heterocycles. The monoisotopic (exact) mass is 462 g/mol. The lowest BCUT2D eigenvalue weighted by atomic mass is 9.95. The van der Waals surface area contributed by atoms with Crippen LogP contribution < -0.4 is 16.1 Å². The molecule has 1 atom stereocenters. The molecule has 0 radical (unpaired) electrons. The van der Waals surface area contributed by atoms with Crippen LogP contribution in [0.25, 0.3) is 0 Å². The van der Waals surface area contributed by atoms with E-state index in [1.807, 2.05) is 5.32 Å². The lowest BCUT2D eigenvalue weighted by molar-refractivity contribution is -0.155. The van der Waals surface area contributed by atoms with Gasteiger partial charge in [0.05, 0.1) is 0 Å². The summed E-state index contributed by atoms with van der Waals surface area (Å²) in [6, 6.07) is 0.141. The van der Waals surface area contributed by atoms with Gasteiger partial charge in [0.2, 0.25) is 5.43 Å². The first kappa shape index (κ1) is 23.0. The summed E-state index contributed by atoms with van der Waals surface area (Å²) in [4.78, 5) is 42.4. The van der Waals surface area contributed by atoms with Gasteiger partial charge in [0.1, 0.15) is 11.1 Å². The van der Waals surface area contributed by atoms with E-state index in [1.165, 1.54) is 30.7 Å². The van der Waals surface area contributed by atoms with E-state index in [2.05, 4.69) is 10.3 Å². The second-order valence-corrected chi connectivity index (χ2v) is 8.64. The summed E-state index contributed by atoms with van der Waals surface area (Å²) in [5, 5.41) is 4.66. The van der Waals surface area contributed by atoms with Crippen molar-refractivity contribution in [3.05, 3.63) is 63.8 Å². The third-order valence-electron chi connectivity index (χ3n) is 6.06. The number of pyridine rings is 2. The van der Waals surface area contributed by atoms with Gasteiger partial charge in [-0.05, 0) is 31.7 Å². The molecule has 10 heteroatoms. The summed E-state index contributed by atoms with van der Waals surface area (Å²) in [6.45, 7) is 0. The molecule has 0 bridgehead atoms. The fraction of sp³-hybridized carbons (Fsp3) is 0.478. The minimum atomic E-state index is -4.80. The van der Waals surface area contributed by atoms with Crippen molar-refractivity contribution in [2.75, 3.05) is 0 Å². The van der Waals surface area contributed by atoms with Crippen LogP contribution in [0, 0.1) is 0 Å². The first-order chi connectivity index (χ1) is 15.7. The molecule has 2 N–H and O–H groups in total. The number of nitrogens with one attached hydrogen (secondary N) is 2. The SMILES string of the molecule is O=C(NC1CC1)c1cn(C2CCCCC2)cc(C(=O)N[C@@H](c2cccnc2)C(F)(F)F)c1=O. The topological polar surface area (TPSA) is 93.1 Å². The van der Waals surface area contributed by atoms with Crippen LogP contribution in [0.3, 0.4) is 0 Å². The smallest absolute Gasteiger partial charge is 0.349 e. The predicted molar refractivity (Wildman–Crippen MR) is 114 cm³/mol. The highest BCUT2D eigenvalue weighted by molar-refractivity contribution is 5.99. The van der Waals surface area contributed by atoms with Crippen molar-refractivity contribution in [3.8, 4) is 0 Å². The number of nitrogens with zero attached hydrogens (tertiary/aromatic N) is 2. The van der Waals surface area contributed by atoms with Crippen molar-refractivity contribution < 1.29 is 22.8 Å². The quantitative estimate of drug-likeness (QED) is 0.685. The lowest BCUT2D eigenvalue weighted by Gasteiger charge is -2.26. The number of hydrogen-bond donors (Lipinski definition) is 2. The molecule has 33 heavy (non-hydrogen) atoms. The van der Waals surface area contributed by atoms with Crippen molar-refractivity contribution in [2.45, 2.75) is 69.2 Å². The summed E-state index contributed by atoms with van der Waals surface area (Å²) in [7, 11) is 0. The Morgan fingerprint density at radius 3 is 2.27 bits per heavy atom. The molecule has 0 aliphatic heterocycles. The minimum absolute atomic E-state index is 0.0160. The normalized spacial score (nSPS) is 17.9. The first-order valence-corrected chi connectivity index (χ1v) is 11.1. The number of carbonyl (C=O) groups is 2. The number of hydrogen-bond acceptors (Lipinski definition) is 4. The Hall–Kier alpha value is -3.17. The number of halogens is 3. The second kappa shape index (κ2) is 9.36. The van der Waals surface area contributed by atoms with Crippen LogP contribution in [0.4, 0.5) is 13.2 Å². The Balaban J connectivity index is 1.70. The maximum Gasteiger partial charge on any atom is 0.412 e. The molecule has 2 saturated carbocycles. The fourth-order valence-electron chi connectivity index (χ4n) is 4.11. The zero-order chi connectivity index (χ0) is 23.6. The first-order valence-electron chi connectivity index (χ1n) is 11.1. The van der Waals surface area contributed by atoms with Crippen LogP contribution in [-0.4, -0.2) is 33.6 Å². The van der Waals surface area contributed by atoms with E-state index >= 15 is 0 Å². The third kappa shape index (κ3) is 5.43. The van der Waals surface area contributed by atoms with E-state index in [1.54, 1.807) is 4.57 Å². The Morgan fingerprint density at radius 2 is 1.70 bits per heavy atom. The van der Waals surface area contributed by atoms with Crippen molar-refractivity contribution in [2.24, 2.45) is 0 Å². The van der Waals surface area contributed by atoms with Gasteiger partial charge in [0, 0.05) is 42.4 Å². The van der Waals surface area contributed by atoms with Gasteiger partial charge in [0.25, 0.3) is 11.8 Å². The lowest BCUT2D eigenvalue weighted by Crippen LogP contribution is -2.41. The van der Waals surface area contributed by atoms with E-state index in [9.17, 15) is 27.6 Å². The Bertz CT molecular complexity index is 1070. The Kier molecular flexibility index (Phi) is 6.53. The van der Waals surface area contributed by atoms with Crippen molar-refractivity contribution >= 4 is 11.8 Å². The minimum Gasteiger partial charge on any atom is -0.349 e. The molecular weight excluding hydrogens is 437 g/mol. The molecule has 2 aromatic rings. The van der Waals surface area contributed by atoms with Crippen LogP contribution >= 0.6 is 0 Å². The highest BCUT2D eigenvalue weighted by Crippen LogP contribution is 2.33. The summed E-state index contributed by atoms with van der Waals surface area (Å²) in [5.41, 5.74) is -1.86. The molecule has 0 aromatic carbocycles. The van der Waals surface area contributed by atoms with Crippen LogP contribution in [-0.2, 0) is 0 Å². The average molecular weight is 462 g/mol. The number of aromatic nitrogens is 2. The Labute approximate surface area is 188 Å².